The summed E-state index contributed by atoms with van der Waals surface area (Å²) in [6, 6.07) is 19.8. The Morgan fingerprint density at radius 3 is 2.03 bits per heavy atom. The van der Waals surface area contributed by atoms with Crippen molar-refractivity contribution in [2.75, 3.05) is 30.6 Å². The van der Waals surface area contributed by atoms with E-state index in [1.807, 2.05) is 62.4 Å². The number of anilines is 2. The van der Waals surface area contributed by atoms with Crippen LogP contribution in [0.15, 0.2) is 66.7 Å². The highest BCUT2D eigenvalue weighted by atomic mass is 16.5. The van der Waals surface area contributed by atoms with E-state index in [0.29, 0.717) is 22.9 Å². The van der Waals surface area contributed by atoms with Crippen molar-refractivity contribution in [3.05, 3.63) is 83.4 Å². The number of rotatable bonds is 5. The van der Waals surface area contributed by atoms with Crippen molar-refractivity contribution in [3.63, 3.8) is 0 Å². The van der Waals surface area contributed by atoms with Gasteiger partial charge in [0.25, 0.3) is 5.91 Å². The number of amides is 2. The van der Waals surface area contributed by atoms with Crippen LogP contribution in [-0.2, 0) is 9.59 Å². The Morgan fingerprint density at radius 1 is 0.812 bits per heavy atom. The lowest BCUT2D eigenvalue weighted by molar-refractivity contribution is -0.128. The highest BCUT2D eigenvalue weighted by Crippen LogP contribution is 2.39. The first-order valence-corrected chi connectivity index (χ1v) is 10.4. The second-order valence-corrected chi connectivity index (χ2v) is 7.87. The minimum Gasteiger partial charge on any atom is -0.497 e. The van der Waals surface area contributed by atoms with Crippen molar-refractivity contribution >= 4 is 23.2 Å². The second kappa shape index (κ2) is 8.75. The van der Waals surface area contributed by atoms with Gasteiger partial charge in [-0.3, -0.25) is 19.4 Å². The Labute approximate surface area is 188 Å². The van der Waals surface area contributed by atoms with Gasteiger partial charge >= 0.3 is 0 Å². The van der Waals surface area contributed by atoms with Gasteiger partial charge in [0, 0.05) is 11.8 Å². The molecule has 4 rings (SSSR count). The van der Waals surface area contributed by atoms with E-state index in [-0.39, 0.29) is 18.4 Å². The summed E-state index contributed by atoms with van der Waals surface area (Å²) < 4.78 is 10.8. The largest absolute Gasteiger partial charge is 0.497 e. The molecule has 1 saturated heterocycles. The topological polar surface area (TPSA) is 59.1 Å². The Bertz CT molecular complexity index is 1140. The van der Waals surface area contributed by atoms with Crippen LogP contribution in [0, 0.1) is 13.8 Å². The molecule has 3 aromatic carbocycles. The third kappa shape index (κ3) is 3.91. The molecule has 0 radical (unpaired) electrons. The van der Waals surface area contributed by atoms with Crippen molar-refractivity contribution in [2.45, 2.75) is 19.9 Å². The van der Waals surface area contributed by atoms with E-state index in [4.69, 9.17) is 9.47 Å². The first-order chi connectivity index (χ1) is 15.4. The fourth-order valence-corrected chi connectivity index (χ4v) is 3.94. The molecule has 6 heteroatoms. The average molecular weight is 431 g/mol. The van der Waals surface area contributed by atoms with E-state index in [1.54, 1.807) is 30.2 Å². The molecule has 1 heterocycles. The van der Waals surface area contributed by atoms with E-state index in [0.717, 1.165) is 16.7 Å². The normalized spacial score (nSPS) is 16.3. The summed E-state index contributed by atoms with van der Waals surface area (Å²) in [6.45, 7) is 3.89. The van der Waals surface area contributed by atoms with Gasteiger partial charge in [-0.15, -0.1) is 0 Å². The molecule has 3 aromatic rings. The number of ether oxygens (including phenoxy) is 2. The van der Waals surface area contributed by atoms with Crippen LogP contribution in [0.3, 0.4) is 0 Å². The molecule has 0 aromatic heterocycles. The molecule has 0 spiro atoms. The zero-order chi connectivity index (χ0) is 22.8. The van der Waals surface area contributed by atoms with Crippen molar-refractivity contribution in [1.29, 1.82) is 0 Å². The van der Waals surface area contributed by atoms with Crippen molar-refractivity contribution in [3.8, 4) is 11.5 Å². The Kier molecular flexibility index (Phi) is 5.86. The number of piperazine rings is 1. The van der Waals surface area contributed by atoms with Crippen LogP contribution in [0.4, 0.5) is 11.4 Å². The Morgan fingerprint density at radius 2 is 1.44 bits per heavy atom. The van der Waals surface area contributed by atoms with E-state index in [1.165, 1.54) is 12.0 Å². The summed E-state index contributed by atoms with van der Waals surface area (Å²) in [6.07, 6.45) is 0. The van der Waals surface area contributed by atoms with Crippen LogP contribution >= 0.6 is 0 Å². The summed E-state index contributed by atoms with van der Waals surface area (Å²) in [5.74, 6) is 0.712. The highest BCUT2D eigenvalue weighted by Gasteiger charge is 2.42. The van der Waals surface area contributed by atoms with Gasteiger partial charge in [-0.2, -0.15) is 0 Å². The summed E-state index contributed by atoms with van der Waals surface area (Å²) in [7, 11) is 3.10. The third-order valence-electron chi connectivity index (χ3n) is 5.70. The van der Waals surface area contributed by atoms with Gasteiger partial charge in [-0.05, 0) is 43.7 Å². The maximum absolute atomic E-state index is 13.9. The number of nitrogens with zero attached hydrogens (tertiary/aromatic N) is 2. The van der Waals surface area contributed by atoms with E-state index in [9.17, 15) is 9.59 Å². The van der Waals surface area contributed by atoms with E-state index >= 15 is 0 Å². The lowest BCUT2D eigenvalue weighted by Gasteiger charge is -2.40. The maximum Gasteiger partial charge on any atom is 0.255 e. The fourth-order valence-electron chi connectivity index (χ4n) is 3.94. The number of hydrogen-bond donors (Lipinski definition) is 0. The van der Waals surface area contributed by atoms with Crippen LogP contribution < -0.4 is 19.3 Å². The molecule has 1 aliphatic rings. The number of hydrogen-bond acceptors (Lipinski definition) is 4. The summed E-state index contributed by atoms with van der Waals surface area (Å²) in [5.41, 5.74) is 4.15. The molecule has 0 saturated carbocycles. The van der Waals surface area contributed by atoms with Crippen LogP contribution in [0.1, 0.15) is 22.7 Å². The van der Waals surface area contributed by atoms with Gasteiger partial charge in [-0.1, -0.05) is 47.5 Å². The molecule has 2 amide bonds. The van der Waals surface area contributed by atoms with Gasteiger partial charge in [-0.25, -0.2) is 0 Å². The Balaban J connectivity index is 1.82. The molecule has 0 unspecified atom stereocenters. The third-order valence-corrected chi connectivity index (χ3v) is 5.70. The summed E-state index contributed by atoms with van der Waals surface area (Å²) >= 11 is 0. The monoisotopic (exact) mass is 430 g/mol. The predicted octanol–water partition coefficient (Wildman–Crippen LogP) is 4.44. The summed E-state index contributed by atoms with van der Waals surface area (Å²) in [5, 5.41) is 0. The van der Waals surface area contributed by atoms with Crippen LogP contribution in [0.5, 0.6) is 11.5 Å². The van der Waals surface area contributed by atoms with Gasteiger partial charge < -0.3 is 9.47 Å². The molecular formula is C26H26N2O4. The van der Waals surface area contributed by atoms with Gasteiger partial charge in [0.1, 0.15) is 24.1 Å². The zero-order valence-corrected chi connectivity index (χ0v) is 18.7. The molecule has 164 valence electrons. The maximum atomic E-state index is 13.9. The second-order valence-electron chi connectivity index (χ2n) is 7.87. The first kappa shape index (κ1) is 21.4. The number of benzene rings is 3. The van der Waals surface area contributed by atoms with Crippen molar-refractivity contribution in [2.24, 2.45) is 0 Å². The number of methoxy groups -OCH3 is 2. The minimum atomic E-state index is -0.786. The lowest BCUT2D eigenvalue weighted by atomic mass is 9.98. The summed E-state index contributed by atoms with van der Waals surface area (Å²) in [4.78, 5) is 30.4. The molecule has 1 fully saturated rings. The SMILES string of the molecule is COc1ccc(N2CC(=O)N(c3ccc(C)cc3)[C@@H](c3ccc(C)cc3)C2=O)c(OC)c1. The van der Waals surface area contributed by atoms with Crippen LogP contribution in [0.25, 0.3) is 0 Å². The first-order valence-electron chi connectivity index (χ1n) is 10.4. The standard InChI is InChI=1S/C26H26N2O4/c1-17-5-9-19(10-6-17)25-26(30)27(22-14-13-21(31-3)15-23(22)32-4)16-24(29)28(25)20-11-7-18(2)8-12-20/h5-15,25H,16H2,1-4H3/t25-/m0/s1. The number of aryl methyl sites for hydroxylation is 2. The molecule has 32 heavy (non-hydrogen) atoms. The predicted molar refractivity (Wildman–Crippen MR) is 124 cm³/mol. The minimum absolute atomic E-state index is 0.0856. The van der Waals surface area contributed by atoms with E-state index in [2.05, 4.69) is 0 Å². The van der Waals surface area contributed by atoms with Crippen molar-refractivity contribution < 1.29 is 19.1 Å². The average Bonchev–Trinajstić information content (AvgIpc) is 2.81. The molecule has 1 aliphatic heterocycles. The van der Waals surface area contributed by atoms with E-state index < -0.39 is 6.04 Å². The van der Waals surface area contributed by atoms with Gasteiger partial charge in [0.15, 0.2) is 0 Å². The molecular weight excluding hydrogens is 404 g/mol. The molecule has 0 bridgehead atoms. The van der Waals surface area contributed by atoms with Crippen LogP contribution in [0.2, 0.25) is 0 Å². The van der Waals surface area contributed by atoms with Gasteiger partial charge in [0.2, 0.25) is 5.91 Å². The molecule has 0 N–H and O–H groups in total. The molecule has 0 aliphatic carbocycles. The molecule has 1 atom stereocenters. The number of carbonyl (C=O) groups excluding carboxylic acids is 2. The van der Waals surface area contributed by atoms with Crippen LogP contribution in [-0.4, -0.2) is 32.6 Å². The Hall–Kier alpha value is -3.80. The molecule has 6 nitrogen and oxygen atoms in total. The fraction of sp³-hybridized carbons (Fsp3) is 0.231. The zero-order valence-electron chi connectivity index (χ0n) is 18.7. The lowest BCUT2D eigenvalue weighted by Crippen LogP contribution is -2.56. The number of carbonyl (C=O) groups is 2. The smallest absolute Gasteiger partial charge is 0.255 e. The quantitative estimate of drug-likeness (QED) is 0.600. The highest BCUT2D eigenvalue weighted by molar-refractivity contribution is 6.15. The van der Waals surface area contributed by atoms with Gasteiger partial charge in [0.05, 0.1) is 19.9 Å². The van der Waals surface area contributed by atoms with Crippen molar-refractivity contribution in [1.82, 2.24) is 0 Å².